The summed E-state index contributed by atoms with van der Waals surface area (Å²) in [5, 5.41) is 0. The minimum Gasteiger partial charge on any atom is -0.103 e. The van der Waals surface area contributed by atoms with E-state index < -0.39 is 0 Å². The molecule has 0 nitrogen and oxygen atoms in total. The highest BCUT2D eigenvalue weighted by molar-refractivity contribution is 5.01. The van der Waals surface area contributed by atoms with Gasteiger partial charge in [0.15, 0.2) is 0 Å². The second-order valence-corrected chi connectivity index (χ2v) is 7.88. The fraction of sp³-hybridized carbons (Fsp3) is 0.769. The molecule has 0 aliphatic carbocycles. The van der Waals surface area contributed by atoms with Gasteiger partial charge in [-0.15, -0.1) is 13.2 Å². The van der Waals surface area contributed by atoms with E-state index in [-0.39, 0.29) is 0 Å². The Labute approximate surface area is 166 Å². The van der Waals surface area contributed by atoms with Crippen molar-refractivity contribution in [3.63, 3.8) is 0 Å². The van der Waals surface area contributed by atoms with Crippen LogP contribution in [0, 0.1) is 0 Å². The highest BCUT2D eigenvalue weighted by atomic mass is 14.1. The topological polar surface area (TPSA) is 0 Å². The second-order valence-electron chi connectivity index (χ2n) is 7.88. The first-order valence-corrected chi connectivity index (χ1v) is 11.7. The molecule has 0 aromatic rings. The monoisotopic (exact) mass is 360 g/mol. The molecular formula is C26H48. The van der Waals surface area contributed by atoms with Crippen molar-refractivity contribution >= 4 is 0 Å². The fourth-order valence-corrected chi connectivity index (χ4v) is 3.67. The lowest BCUT2D eigenvalue weighted by molar-refractivity contribution is 0.561. The first kappa shape index (κ1) is 25.2. The third-order valence-electron chi connectivity index (χ3n) is 5.31. The minimum atomic E-state index is 1.19. The molecule has 0 N–H and O–H groups in total. The molecule has 0 radical (unpaired) electrons. The van der Waals surface area contributed by atoms with Crippen LogP contribution >= 0.6 is 0 Å². The molecule has 0 atom stereocenters. The van der Waals surface area contributed by atoms with Crippen LogP contribution in [0.4, 0.5) is 0 Å². The number of allylic oxidation sites excluding steroid dienone is 4. The van der Waals surface area contributed by atoms with Crippen LogP contribution in [0.3, 0.4) is 0 Å². The minimum absolute atomic E-state index is 1.19. The van der Waals surface area contributed by atoms with Crippen molar-refractivity contribution in [2.24, 2.45) is 0 Å². The summed E-state index contributed by atoms with van der Waals surface area (Å²) in [5.41, 5.74) is 1.74. The lowest BCUT2D eigenvalue weighted by atomic mass is 9.98. The van der Waals surface area contributed by atoms with Gasteiger partial charge in [0.1, 0.15) is 0 Å². The van der Waals surface area contributed by atoms with Crippen molar-refractivity contribution in [3.05, 3.63) is 37.0 Å². The van der Waals surface area contributed by atoms with Crippen LogP contribution in [0.1, 0.15) is 129 Å². The fourth-order valence-electron chi connectivity index (χ4n) is 3.67. The molecule has 0 amide bonds. The summed E-state index contributed by atoms with van der Waals surface area (Å²) in [7, 11) is 0. The number of rotatable bonds is 21. The predicted octanol–water partition coefficient (Wildman–Crippen LogP) is 9.72. The van der Waals surface area contributed by atoms with E-state index in [1.165, 1.54) is 122 Å². The largest absolute Gasteiger partial charge is 0.103 e. The lowest BCUT2D eigenvalue weighted by Gasteiger charge is -2.08. The first-order chi connectivity index (χ1) is 12.8. The molecule has 0 bridgehead atoms. The molecule has 0 aliphatic rings. The number of hydrogen-bond donors (Lipinski definition) is 0. The van der Waals surface area contributed by atoms with E-state index >= 15 is 0 Å². The van der Waals surface area contributed by atoms with E-state index in [9.17, 15) is 0 Å². The van der Waals surface area contributed by atoms with Crippen LogP contribution < -0.4 is 0 Å². The Kier molecular flexibility index (Phi) is 21.6. The zero-order valence-electron chi connectivity index (χ0n) is 18.1. The molecule has 0 aliphatic heterocycles. The molecule has 0 heterocycles. The van der Waals surface area contributed by atoms with Gasteiger partial charge in [-0.2, -0.15) is 0 Å². The summed E-state index contributed by atoms with van der Waals surface area (Å²) in [6.07, 6.45) is 32.6. The maximum absolute atomic E-state index is 3.79. The van der Waals surface area contributed by atoms with Gasteiger partial charge in [-0.3, -0.25) is 0 Å². The van der Waals surface area contributed by atoms with E-state index in [0.717, 1.165) is 0 Å². The quantitative estimate of drug-likeness (QED) is 0.141. The Morgan fingerprint density at radius 1 is 0.538 bits per heavy atom. The van der Waals surface area contributed by atoms with Crippen molar-refractivity contribution < 1.29 is 0 Å². The van der Waals surface area contributed by atoms with Gasteiger partial charge in [-0.25, -0.2) is 0 Å². The third kappa shape index (κ3) is 19.5. The predicted molar refractivity (Wildman–Crippen MR) is 122 cm³/mol. The van der Waals surface area contributed by atoms with E-state index in [1.54, 1.807) is 5.57 Å². The van der Waals surface area contributed by atoms with E-state index in [4.69, 9.17) is 0 Å². The Bertz CT molecular complexity index is 323. The summed E-state index contributed by atoms with van der Waals surface area (Å²) in [6.45, 7) is 9.87. The third-order valence-corrected chi connectivity index (χ3v) is 5.31. The van der Waals surface area contributed by atoms with Crippen LogP contribution in [0.2, 0.25) is 0 Å². The molecular weight excluding hydrogens is 312 g/mol. The van der Waals surface area contributed by atoms with Crippen molar-refractivity contribution in [1.29, 1.82) is 0 Å². The molecule has 0 heteroatoms. The van der Waals surface area contributed by atoms with Crippen LogP contribution in [-0.2, 0) is 0 Å². The molecule has 0 aromatic carbocycles. The Morgan fingerprint density at radius 3 is 1.23 bits per heavy atom. The molecule has 0 rings (SSSR count). The average molecular weight is 361 g/mol. The normalized spacial score (nSPS) is 11.7. The highest BCUT2D eigenvalue weighted by Crippen LogP contribution is 2.19. The molecule has 0 saturated heterocycles. The van der Waals surface area contributed by atoms with Gasteiger partial charge < -0.3 is 0 Å². The van der Waals surface area contributed by atoms with Crippen LogP contribution in [0.15, 0.2) is 37.0 Å². The van der Waals surface area contributed by atoms with Gasteiger partial charge in [-0.1, -0.05) is 94.9 Å². The van der Waals surface area contributed by atoms with Gasteiger partial charge in [-0.05, 0) is 57.8 Å². The molecule has 0 spiro atoms. The van der Waals surface area contributed by atoms with Crippen molar-refractivity contribution in [3.8, 4) is 0 Å². The zero-order valence-corrected chi connectivity index (χ0v) is 18.1. The van der Waals surface area contributed by atoms with E-state index in [0.29, 0.717) is 0 Å². The molecule has 0 aromatic heterocycles. The van der Waals surface area contributed by atoms with Gasteiger partial charge in [0.2, 0.25) is 0 Å². The second kappa shape index (κ2) is 22.3. The van der Waals surface area contributed by atoms with Crippen molar-refractivity contribution in [1.82, 2.24) is 0 Å². The van der Waals surface area contributed by atoms with E-state index in [1.807, 2.05) is 12.2 Å². The molecule has 0 unspecified atom stereocenters. The van der Waals surface area contributed by atoms with E-state index in [2.05, 4.69) is 26.2 Å². The molecule has 0 saturated carbocycles. The van der Waals surface area contributed by atoms with Gasteiger partial charge in [0.05, 0.1) is 0 Å². The zero-order chi connectivity index (χ0) is 19.1. The Morgan fingerprint density at radius 2 is 0.885 bits per heavy atom. The van der Waals surface area contributed by atoms with Crippen LogP contribution in [-0.4, -0.2) is 0 Å². The average Bonchev–Trinajstić information content (AvgIpc) is 2.65. The summed E-state index contributed by atoms with van der Waals surface area (Å²) in [4.78, 5) is 0. The number of hydrogen-bond acceptors (Lipinski definition) is 0. The lowest BCUT2D eigenvalue weighted by Crippen LogP contribution is -1.88. The molecule has 0 fully saturated rings. The molecule has 152 valence electrons. The first-order valence-electron chi connectivity index (χ1n) is 11.7. The summed E-state index contributed by atoms with van der Waals surface area (Å²) < 4.78 is 0. The summed E-state index contributed by atoms with van der Waals surface area (Å²) in [6, 6.07) is 0. The van der Waals surface area contributed by atoms with Gasteiger partial charge in [0, 0.05) is 0 Å². The van der Waals surface area contributed by atoms with Crippen LogP contribution in [0.25, 0.3) is 0 Å². The van der Waals surface area contributed by atoms with Crippen molar-refractivity contribution in [2.45, 2.75) is 129 Å². The maximum atomic E-state index is 3.79. The SMILES string of the molecule is C=CCCCCCCCCCCC(=CCC)CCCCCCCCC=C. The highest BCUT2D eigenvalue weighted by Gasteiger charge is 1.99. The maximum Gasteiger partial charge on any atom is -0.0320 e. The van der Waals surface area contributed by atoms with Gasteiger partial charge >= 0.3 is 0 Å². The van der Waals surface area contributed by atoms with Crippen LogP contribution in [0.5, 0.6) is 0 Å². The Balaban J connectivity index is 3.49. The summed E-state index contributed by atoms with van der Waals surface area (Å²) in [5.74, 6) is 0. The smallest absolute Gasteiger partial charge is 0.0320 e. The van der Waals surface area contributed by atoms with Gasteiger partial charge in [0.25, 0.3) is 0 Å². The number of unbranched alkanes of at least 4 members (excludes halogenated alkanes) is 14. The van der Waals surface area contributed by atoms with Crippen molar-refractivity contribution in [2.75, 3.05) is 0 Å². The standard InChI is InChI=1S/C26H48/c1-4-7-9-11-13-15-16-18-20-22-25-26(23-6-3)24-21-19-17-14-12-10-8-5-2/h4-5,23H,1-2,6-22,24-25H2,3H3. The summed E-state index contributed by atoms with van der Waals surface area (Å²) >= 11 is 0. The Hall–Kier alpha value is -0.780. The molecule has 26 heavy (non-hydrogen) atoms.